The van der Waals surface area contributed by atoms with Crippen molar-refractivity contribution in [1.29, 1.82) is 0 Å². The van der Waals surface area contributed by atoms with Gasteiger partial charge in [-0.2, -0.15) is 0 Å². The van der Waals surface area contributed by atoms with Crippen LogP contribution in [0.3, 0.4) is 0 Å². The summed E-state index contributed by atoms with van der Waals surface area (Å²) in [7, 11) is 0. The van der Waals surface area contributed by atoms with Crippen molar-refractivity contribution < 1.29 is 0 Å². The molecule has 0 saturated carbocycles. The highest BCUT2D eigenvalue weighted by Gasteiger charge is 2.21. The minimum atomic E-state index is 0.798. The maximum atomic E-state index is 5.69. The van der Waals surface area contributed by atoms with E-state index in [2.05, 4.69) is 30.9 Å². The summed E-state index contributed by atoms with van der Waals surface area (Å²) >= 11 is 0. The molecule has 2 nitrogen and oxygen atoms in total. The quantitative estimate of drug-likeness (QED) is 0.713. The Morgan fingerprint density at radius 3 is 2.13 bits per heavy atom. The number of hydrogen-bond acceptors (Lipinski definition) is 2. The lowest BCUT2D eigenvalue weighted by Crippen LogP contribution is -2.38. The van der Waals surface area contributed by atoms with E-state index in [0.29, 0.717) is 0 Å². The van der Waals surface area contributed by atoms with E-state index in [1.165, 1.54) is 25.2 Å². The van der Waals surface area contributed by atoms with Crippen molar-refractivity contribution in [3.05, 3.63) is 24.3 Å². The van der Waals surface area contributed by atoms with Gasteiger partial charge in [0.05, 0.1) is 0 Å². The van der Waals surface area contributed by atoms with Crippen LogP contribution in [0, 0.1) is 11.8 Å². The number of rotatable bonds is 1. The molecule has 1 saturated heterocycles. The van der Waals surface area contributed by atoms with Crippen molar-refractivity contribution in [3.63, 3.8) is 0 Å². The summed E-state index contributed by atoms with van der Waals surface area (Å²) in [5.41, 5.74) is 7.84. The minimum Gasteiger partial charge on any atom is -0.399 e. The van der Waals surface area contributed by atoms with Crippen LogP contribution in [0.1, 0.15) is 20.3 Å². The Kier molecular flexibility index (Phi) is 2.85. The van der Waals surface area contributed by atoms with Crippen molar-refractivity contribution in [1.82, 2.24) is 0 Å². The molecule has 1 aromatic rings. The second-order valence-corrected chi connectivity index (χ2v) is 4.94. The van der Waals surface area contributed by atoms with Gasteiger partial charge in [-0.1, -0.05) is 13.8 Å². The first-order valence-corrected chi connectivity index (χ1v) is 5.75. The summed E-state index contributed by atoms with van der Waals surface area (Å²) in [6, 6.07) is 8.22. The lowest BCUT2D eigenvalue weighted by molar-refractivity contribution is 0.357. The van der Waals surface area contributed by atoms with Crippen LogP contribution in [0.5, 0.6) is 0 Å². The van der Waals surface area contributed by atoms with Gasteiger partial charge in [-0.3, -0.25) is 0 Å². The van der Waals surface area contributed by atoms with Crippen LogP contribution in [-0.2, 0) is 0 Å². The molecule has 0 aliphatic carbocycles. The van der Waals surface area contributed by atoms with Gasteiger partial charge in [-0.25, -0.2) is 0 Å². The standard InChI is InChI=1S/C13H20N2/c1-10-7-11(2)9-15(8-10)13-5-3-12(14)4-6-13/h3-6,10-11H,7-9,14H2,1-2H3/t10-,11-/m1/s1. The third-order valence-electron chi connectivity index (χ3n) is 3.13. The molecule has 0 aromatic heterocycles. The summed E-state index contributed by atoms with van der Waals surface area (Å²) in [5.74, 6) is 1.60. The Balaban J connectivity index is 2.12. The smallest absolute Gasteiger partial charge is 0.0367 e. The van der Waals surface area contributed by atoms with E-state index in [9.17, 15) is 0 Å². The fourth-order valence-electron chi connectivity index (χ4n) is 2.56. The first kappa shape index (κ1) is 10.3. The topological polar surface area (TPSA) is 29.3 Å². The zero-order valence-corrected chi connectivity index (χ0v) is 9.61. The van der Waals surface area contributed by atoms with E-state index >= 15 is 0 Å². The van der Waals surface area contributed by atoms with Gasteiger partial charge in [0.2, 0.25) is 0 Å². The number of nitrogens with zero attached hydrogens (tertiary/aromatic N) is 1. The molecule has 1 aromatic carbocycles. The summed E-state index contributed by atoms with van der Waals surface area (Å²) in [6.07, 6.45) is 1.35. The SMILES string of the molecule is C[C@@H]1C[C@@H](C)CN(c2ccc(N)cc2)C1. The fraction of sp³-hybridized carbons (Fsp3) is 0.538. The summed E-state index contributed by atoms with van der Waals surface area (Å²) in [4.78, 5) is 2.47. The van der Waals surface area contributed by atoms with E-state index in [1.807, 2.05) is 12.1 Å². The van der Waals surface area contributed by atoms with Crippen molar-refractivity contribution in [3.8, 4) is 0 Å². The van der Waals surface area contributed by atoms with Crippen molar-refractivity contribution >= 4 is 11.4 Å². The van der Waals surface area contributed by atoms with Gasteiger partial charge in [0.25, 0.3) is 0 Å². The van der Waals surface area contributed by atoms with Crippen molar-refractivity contribution in [2.45, 2.75) is 20.3 Å². The first-order valence-electron chi connectivity index (χ1n) is 5.75. The third kappa shape index (κ3) is 2.44. The zero-order chi connectivity index (χ0) is 10.8. The molecule has 0 unspecified atom stereocenters. The highest BCUT2D eigenvalue weighted by atomic mass is 15.1. The van der Waals surface area contributed by atoms with Gasteiger partial charge in [0, 0.05) is 24.5 Å². The molecular weight excluding hydrogens is 184 g/mol. The van der Waals surface area contributed by atoms with Gasteiger partial charge in [0.15, 0.2) is 0 Å². The van der Waals surface area contributed by atoms with E-state index in [-0.39, 0.29) is 0 Å². The zero-order valence-electron chi connectivity index (χ0n) is 9.61. The Bertz CT molecular complexity index is 308. The van der Waals surface area contributed by atoms with Gasteiger partial charge < -0.3 is 10.6 Å². The van der Waals surface area contributed by atoms with E-state index in [4.69, 9.17) is 5.73 Å². The largest absolute Gasteiger partial charge is 0.399 e. The molecule has 2 atom stereocenters. The minimum absolute atomic E-state index is 0.798. The molecule has 15 heavy (non-hydrogen) atoms. The van der Waals surface area contributed by atoms with Crippen LogP contribution in [0.2, 0.25) is 0 Å². The number of hydrogen-bond donors (Lipinski definition) is 1. The third-order valence-corrected chi connectivity index (χ3v) is 3.13. The molecule has 2 N–H and O–H groups in total. The lowest BCUT2D eigenvalue weighted by atomic mass is 9.91. The van der Waals surface area contributed by atoms with Gasteiger partial charge in [-0.15, -0.1) is 0 Å². The molecule has 2 heteroatoms. The molecule has 1 aliphatic rings. The second-order valence-electron chi connectivity index (χ2n) is 4.94. The number of piperidine rings is 1. The molecular formula is C13H20N2. The van der Waals surface area contributed by atoms with Crippen LogP contribution in [-0.4, -0.2) is 13.1 Å². The summed E-state index contributed by atoms with van der Waals surface area (Å²) in [5, 5.41) is 0. The predicted octanol–water partition coefficient (Wildman–Crippen LogP) is 2.75. The Morgan fingerprint density at radius 1 is 1.07 bits per heavy atom. The molecule has 0 bridgehead atoms. The number of anilines is 2. The normalized spacial score (nSPS) is 26.7. The summed E-state index contributed by atoms with van der Waals surface area (Å²) < 4.78 is 0. The van der Waals surface area contributed by atoms with Crippen molar-refractivity contribution in [2.24, 2.45) is 11.8 Å². The van der Waals surface area contributed by atoms with Crippen molar-refractivity contribution in [2.75, 3.05) is 23.7 Å². The molecule has 0 amide bonds. The Labute approximate surface area is 92.1 Å². The Hall–Kier alpha value is -1.18. The van der Waals surface area contributed by atoms with Crippen LogP contribution in [0.25, 0.3) is 0 Å². The second kappa shape index (κ2) is 4.13. The molecule has 82 valence electrons. The average molecular weight is 204 g/mol. The van der Waals surface area contributed by atoms with Crippen LogP contribution in [0.15, 0.2) is 24.3 Å². The highest BCUT2D eigenvalue weighted by molar-refractivity contribution is 5.53. The van der Waals surface area contributed by atoms with Gasteiger partial charge in [-0.05, 0) is 42.5 Å². The number of nitrogen functional groups attached to an aromatic ring is 1. The first-order chi connectivity index (χ1) is 7.15. The van der Waals surface area contributed by atoms with Gasteiger partial charge in [0.1, 0.15) is 0 Å². The van der Waals surface area contributed by atoms with E-state index < -0.39 is 0 Å². The monoisotopic (exact) mass is 204 g/mol. The van der Waals surface area contributed by atoms with Gasteiger partial charge >= 0.3 is 0 Å². The maximum Gasteiger partial charge on any atom is 0.0367 e. The van der Waals surface area contributed by atoms with E-state index in [1.54, 1.807) is 0 Å². The Morgan fingerprint density at radius 2 is 1.60 bits per heavy atom. The van der Waals surface area contributed by atoms with Crippen LogP contribution >= 0.6 is 0 Å². The van der Waals surface area contributed by atoms with E-state index in [0.717, 1.165) is 17.5 Å². The fourth-order valence-corrected chi connectivity index (χ4v) is 2.56. The highest BCUT2D eigenvalue weighted by Crippen LogP contribution is 2.26. The van der Waals surface area contributed by atoms with Crippen LogP contribution < -0.4 is 10.6 Å². The molecule has 0 radical (unpaired) electrons. The number of nitrogens with two attached hydrogens (primary N) is 1. The molecule has 1 heterocycles. The maximum absolute atomic E-state index is 5.69. The molecule has 2 rings (SSSR count). The molecule has 0 spiro atoms. The van der Waals surface area contributed by atoms with Crippen LogP contribution in [0.4, 0.5) is 11.4 Å². The molecule has 1 aliphatic heterocycles. The predicted molar refractivity (Wildman–Crippen MR) is 66.0 cm³/mol. The lowest BCUT2D eigenvalue weighted by Gasteiger charge is -2.36. The average Bonchev–Trinajstić information content (AvgIpc) is 2.17. The summed E-state index contributed by atoms with van der Waals surface area (Å²) in [6.45, 7) is 7.02. The molecule has 1 fully saturated rings. The number of benzene rings is 1.